The molecule has 2 aromatic heterocycles. The molecule has 5 heteroatoms. The van der Waals surface area contributed by atoms with Crippen molar-refractivity contribution in [2.45, 2.75) is 33.6 Å². The minimum absolute atomic E-state index is 0.0666. The van der Waals surface area contributed by atoms with Gasteiger partial charge in [0, 0.05) is 18.2 Å². The summed E-state index contributed by atoms with van der Waals surface area (Å²) in [5, 5.41) is 0.778. The molecule has 3 nitrogen and oxygen atoms in total. The van der Waals surface area contributed by atoms with E-state index in [1.807, 2.05) is 25.1 Å². The third kappa shape index (κ3) is 3.19. The number of aryl methyl sites for hydroxylation is 1. The second kappa shape index (κ2) is 6.09. The fraction of sp³-hybridized carbons (Fsp3) is 0.286. The van der Waals surface area contributed by atoms with Gasteiger partial charge >= 0.3 is 0 Å². The van der Waals surface area contributed by atoms with Gasteiger partial charge in [-0.25, -0.2) is 14.4 Å². The Morgan fingerprint density at radius 2 is 1.96 bits per heavy atom. The van der Waals surface area contributed by atoms with E-state index in [9.17, 15) is 9.18 Å². The maximum absolute atomic E-state index is 13.7. The van der Waals surface area contributed by atoms with Crippen molar-refractivity contribution in [2.75, 3.05) is 0 Å². The number of ketones is 1. The Labute approximate surface area is 156 Å². The van der Waals surface area contributed by atoms with Crippen LogP contribution in [-0.2, 0) is 6.42 Å². The number of halogens is 1. The summed E-state index contributed by atoms with van der Waals surface area (Å²) in [6.07, 6.45) is 3.09. The summed E-state index contributed by atoms with van der Waals surface area (Å²) < 4.78 is 13.7. The number of benzene rings is 1. The van der Waals surface area contributed by atoms with Gasteiger partial charge < -0.3 is 0 Å². The summed E-state index contributed by atoms with van der Waals surface area (Å²) >= 11 is 1.48. The molecule has 0 saturated carbocycles. The van der Waals surface area contributed by atoms with Gasteiger partial charge in [-0.05, 0) is 54.2 Å². The number of pyridine rings is 1. The van der Waals surface area contributed by atoms with Crippen LogP contribution >= 0.6 is 11.3 Å². The lowest BCUT2D eigenvalue weighted by molar-refractivity contribution is 0.0910. The summed E-state index contributed by atoms with van der Waals surface area (Å²) in [6, 6.07) is 8.69. The van der Waals surface area contributed by atoms with Crippen molar-refractivity contribution < 1.29 is 9.18 Å². The van der Waals surface area contributed by atoms with Crippen LogP contribution in [0, 0.1) is 18.2 Å². The lowest BCUT2D eigenvalue weighted by Gasteiger charge is -2.29. The lowest BCUT2D eigenvalue weighted by atomic mass is 9.75. The van der Waals surface area contributed by atoms with Crippen LogP contribution in [0.15, 0.2) is 36.5 Å². The fourth-order valence-corrected chi connectivity index (χ4v) is 4.33. The molecule has 0 aliphatic heterocycles. The van der Waals surface area contributed by atoms with E-state index in [0.717, 1.165) is 44.4 Å². The van der Waals surface area contributed by atoms with Gasteiger partial charge in [-0.2, -0.15) is 0 Å². The minimum Gasteiger partial charge on any atom is -0.294 e. The van der Waals surface area contributed by atoms with Crippen molar-refractivity contribution in [3.8, 4) is 21.1 Å². The number of aromatic nitrogens is 2. The van der Waals surface area contributed by atoms with Crippen LogP contribution in [0.5, 0.6) is 0 Å². The van der Waals surface area contributed by atoms with Crippen molar-refractivity contribution in [1.29, 1.82) is 0 Å². The second-order valence-electron chi connectivity index (χ2n) is 7.68. The smallest absolute Gasteiger partial charge is 0.165 e. The quantitative estimate of drug-likeness (QED) is 0.603. The Balaban J connectivity index is 1.71. The Kier molecular flexibility index (Phi) is 3.99. The Morgan fingerprint density at radius 1 is 1.15 bits per heavy atom. The number of hydrogen-bond acceptors (Lipinski definition) is 4. The standard InChI is InChI=1S/C21H19FN2OS/c1-12-6-13(8-14(22)7-12)19-11-23-20(26-19)16-5-4-15-17(24-16)9-21(2,3)10-18(15)25/h4-8,11H,9-10H2,1-3H3. The third-order valence-corrected chi connectivity index (χ3v) is 5.68. The highest BCUT2D eigenvalue weighted by Gasteiger charge is 2.32. The van der Waals surface area contributed by atoms with Gasteiger partial charge in [0.2, 0.25) is 0 Å². The number of thiazole rings is 1. The van der Waals surface area contributed by atoms with Crippen molar-refractivity contribution in [1.82, 2.24) is 9.97 Å². The lowest BCUT2D eigenvalue weighted by Crippen LogP contribution is -2.27. The summed E-state index contributed by atoms with van der Waals surface area (Å²) in [5.74, 6) is -0.0898. The molecular formula is C21H19FN2OS. The Morgan fingerprint density at radius 3 is 2.73 bits per heavy atom. The molecule has 4 rings (SSSR count). The number of nitrogens with zero attached hydrogens (tertiary/aromatic N) is 2. The van der Waals surface area contributed by atoms with Crippen LogP contribution in [0.1, 0.15) is 41.9 Å². The van der Waals surface area contributed by atoms with Gasteiger partial charge in [0.1, 0.15) is 10.8 Å². The summed E-state index contributed by atoms with van der Waals surface area (Å²) in [4.78, 5) is 22.4. The van der Waals surface area contributed by atoms with Crippen LogP contribution in [0.2, 0.25) is 0 Å². The van der Waals surface area contributed by atoms with E-state index in [-0.39, 0.29) is 17.0 Å². The fourth-order valence-electron chi connectivity index (χ4n) is 3.46. The topological polar surface area (TPSA) is 42.9 Å². The van der Waals surface area contributed by atoms with Crippen LogP contribution in [-0.4, -0.2) is 15.8 Å². The third-order valence-electron chi connectivity index (χ3n) is 4.61. The average molecular weight is 366 g/mol. The molecule has 0 saturated heterocycles. The van der Waals surface area contributed by atoms with Gasteiger partial charge in [0.25, 0.3) is 0 Å². The van der Waals surface area contributed by atoms with E-state index in [1.165, 1.54) is 23.5 Å². The molecule has 0 N–H and O–H groups in total. The van der Waals surface area contributed by atoms with Crippen LogP contribution in [0.4, 0.5) is 4.39 Å². The molecule has 0 unspecified atom stereocenters. The van der Waals surface area contributed by atoms with E-state index >= 15 is 0 Å². The van der Waals surface area contributed by atoms with Crippen LogP contribution < -0.4 is 0 Å². The Hall–Kier alpha value is -2.40. The Bertz CT molecular complexity index is 1000. The first-order valence-corrected chi connectivity index (χ1v) is 9.39. The molecule has 26 heavy (non-hydrogen) atoms. The van der Waals surface area contributed by atoms with Crippen molar-refractivity contribution in [3.63, 3.8) is 0 Å². The maximum atomic E-state index is 13.7. The predicted octanol–water partition coefficient (Wildman–Crippen LogP) is 5.47. The molecule has 0 radical (unpaired) electrons. The van der Waals surface area contributed by atoms with E-state index in [2.05, 4.69) is 18.8 Å². The molecule has 3 aromatic rings. The zero-order valence-corrected chi connectivity index (χ0v) is 15.8. The number of rotatable bonds is 2. The van der Waals surface area contributed by atoms with E-state index in [1.54, 1.807) is 6.20 Å². The largest absolute Gasteiger partial charge is 0.294 e. The first-order valence-electron chi connectivity index (χ1n) is 8.58. The summed E-state index contributed by atoms with van der Waals surface area (Å²) in [6.45, 7) is 6.06. The van der Waals surface area contributed by atoms with Gasteiger partial charge in [0.05, 0.1) is 16.3 Å². The second-order valence-corrected chi connectivity index (χ2v) is 8.71. The number of hydrogen-bond donors (Lipinski definition) is 0. The molecule has 0 amide bonds. The highest BCUT2D eigenvalue weighted by Crippen LogP contribution is 2.36. The predicted molar refractivity (Wildman–Crippen MR) is 102 cm³/mol. The maximum Gasteiger partial charge on any atom is 0.165 e. The first-order chi connectivity index (χ1) is 12.3. The molecule has 1 aliphatic rings. The van der Waals surface area contributed by atoms with Crippen molar-refractivity contribution in [3.05, 3.63) is 59.2 Å². The SMILES string of the molecule is Cc1cc(F)cc(-c2cnc(-c3ccc4c(n3)CC(C)(C)CC4=O)s2)c1. The molecule has 0 atom stereocenters. The zero-order chi connectivity index (χ0) is 18.5. The van der Waals surface area contributed by atoms with Gasteiger partial charge in [0.15, 0.2) is 5.78 Å². The van der Waals surface area contributed by atoms with Gasteiger partial charge in [-0.3, -0.25) is 4.79 Å². The van der Waals surface area contributed by atoms with Gasteiger partial charge in [-0.15, -0.1) is 11.3 Å². The van der Waals surface area contributed by atoms with E-state index in [4.69, 9.17) is 4.98 Å². The minimum atomic E-state index is -0.248. The number of carbonyl (C=O) groups excluding carboxylic acids is 1. The van der Waals surface area contributed by atoms with Crippen LogP contribution in [0.3, 0.4) is 0 Å². The molecule has 132 valence electrons. The number of fused-ring (bicyclic) bond motifs is 1. The normalized spacial score (nSPS) is 15.8. The number of Topliss-reactive ketones (excluding diaryl/α,β-unsaturated/α-hetero) is 1. The van der Waals surface area contributed by atoms with Crippen molar-refractivity contribution in [2.24, 2.45) is 5.41 Å². The average Bonchev–Trinajstić information content (AvgIpc) is 3.02. The molecular weight excluding hydrogens is 347 g/mol. The van der Waals surface area contributed by atoms with E-state index < -0.39 is 0 Å². The van der Waals surface area contributed by atoms with Crippen LogP contribution in [0.25, 0.3) is 21.1 Å². The molecule has 0 spiro atoms. The summed E-state index contributed by atoms with van der Waals surface area (Å²) in [5.41, 5.74) is 3.97. The summed E-state index contributed by atoms with van der Waals surface area (Å²) in [7, 11) is 0. The molecule has 2 heterocycles. The molecule has 1 aromatic carbocycles. The monoisotopic (exact) mass is 366 g/mol. The number of carbonyl (C=O) groups is 1. The molecule has 0 fully saturated rings. The van der Waals surface area contributed by atoms with Gasteiger partial charge in [-0.1, -0.05) is 19.9 Å². The van der Waals surface area contributed by atoms with E-state index in [0.29, 0.717) is 6.42 Å². The highest BCUT2D eigenvalue weighted by atomic mass is 32.1. The van der Waals surface area contributed by atoms with Crippen molar-refractivity contribution >= 4 is 17.1 Å². The first kappa shape index (κ1) is 17.0. The molecule has 0 bridgehead atoms. The zero-order valence-electron chi connectivity index (χ0n) is 15.0. The molecule has 1 aliphatic carbocycles. The highest BCUT2D eigenvalue weighted by molar-refractivity contribution is 7.18.